The van der Waals surface area contributed by atoms with Crippen LogP contribution in [0.1, 0.15) is 28.4 Å². The van der Waals surface area contributed by atoms with Crippen molar-refractivity contribution in [2.75, 3.05) is 0 Å². The largest absolute Gasteiger partial charge is 0.480 e. The van der Waals surface area contributed by atoms with E-state index in [9.17, 15) is 19.5 Å². The second-order valence-electron chi connectivity index (χ2n) is 6.15. The van der Waals surface area contributed by atoms with Crippen LogP contribution < -0.4 is 10.6 Å². The number of amides is 2. The van der Waals surface area contributed by atoms with Gasteiger partial charge in [0.15, 0.2) is 0 Å². The van der Waals surface area contributed by atoms with Crippen LogP contribution in [0.3, 0.4) is 0 Å². The highest BCUT2D eigenvalue weighted by Gasteiger charge is 2.24. The van der Waals surface area contributed by atoms with Crippen LogP contribution in [0.25, 0.3) is 0 Å². The number of hydrogen-bond donors (Lipinski definition) is 3. The van der Waals surface area contributed by atoms with Gasteiger partial charge in [0.1, 0.15) is 12.1 Å². The lowest BCUT2D eigenvalue weighted by Gasteiger charge is -2.19. The van der Waals surface area contributed by atoms with Gasteiger partial charge in [-0.15, -0.1) is 0 Å². The lowest BCUT2D eigenvalue weighted by Crippen LogP contribution is -2.51. The first-order valence-electron chi connectivity index (χ1n) is 8.31. The van der Waals surface area contributed by atoms with E-state index in [1.807, 2.05) is 13.0 Å². The number of rotatable bonds is 7. The number of carboxylic acids is 1. The van der Waals surface area contributed by atoms with Gasteiger partial charge >= 0.3 is 5.97 Å². The summed E-state index contributed by atoms with van der Waals surface area (Å²) >= 11 is 0. The second-order valence-corrected chi connectivity index (χ2v) is 6.15. The molecule has 0 fully saturated rings. The average molecular weight is 354 g/mol. The molecule has 3 N–H and O–H groups in total. The molecule has 0 heterocycles. The molecular weight excluding hydrogens is 332 g/mol. The molecular formula is C20H22N2O4. The maximum Gasteiger partial charge on any atom is 0.326 e. The first-order chi connectivity index (χ1) is 12.4. The van der Waals surface area contributed by atoms with Crippen molar-refractivity contribution in [2.24, 2.45) is 0 Å². The molecule has 136 valence electrons. The van der Waals surface area contributed by atoms with E-state index < -0.39 is 24.0 Å². The number of carboxylic acid groups (broad SMARTS) is 1. The molecule has 6 heteroatoms. The Labute approximate surface area is 152 Å². The van der Waals surface area contributed by atoms with Crippen LogP contribution in [-0.4, -0.2) is 35.0 Å². The van der Waals surface area contributed by atoms with Gasteiger partial charge in [0.2, 0.25) is 5.91 Å². The summed E-state index contributed by atoms with van der Waals surface area (Å²) in [6.07, 6.45) is 0.167. The number of nitrogens with one attached hydrogen (secondary N) is 2. The van der Waals surface area contributed by atoms with Crippen LogP contribution >= 0.6 is 0 Å². The van der Waals surface area contributed by atoms with Gasteiger partial charge < -0.3 is 15.7 Å². The molecule has 0 aliphatic carbocycles. The van der Waals surface area contributed by atoms with E-state index >= 15 is 0 Å². The molecule has 2 atom stereocenters. The SMILES string of the molecule is Cc1ccc(C(=O)NC(C)C(=O)NC(Cc2ccccc2)C(=O)O)cc1. The van der Waals surface area contributed by atoms with Crippen molar-refractivity contribution < 1.29 is 19.5 Å². The number of carbonyl (C=O) groups excluding carboxylic acids is 2. The molecule has 26 heavy (non-hydrogen) atoms. The van der Waals surface area contributed by atoms with Crippen LogP contribution in [0.15, 0.2) is 54.6 Å². The normalized spacial score (nSPS) is 12.7. The van der Waals surface area contributed by atoms with E-state index in [2.05, 4.69) is 10.6 Å². The highest BCUT2D eigenvalue weighted by Crippen LogP contribution is 2.05. The van der Waals surface area contributed by atoms with Gasteiger partial charge in [-0.05, 0) is 31.5 Å². The van der Waals surface area contributed by atoms with E-state index in [0.717, 1.165) is 11.1 Å². The maximum absolute atomic E-state index is 12.3. The van der Waals surface area contributed by atoms with Crippen molar-refractivity contribution in [1.29, 1.82) is 0 Å². The first kappa shape index (κ1) is 19.2. The Balaban J connectivity index is 1.96. The fourth-order valence-electron chi connectivity index (χ4n) is 2.40. The number of aryl methyl sites for hydroxylation is 1. The summed E-state index contributed by atoms with van der Waals surface area (Å²) in [6, 6.07) is 14.1. The summed E-state index contributed by atoms with van der Waals surface area (Å²) in [7, 11) is 0. The number of hydrogen-bond acceptors (Lipinski definition) is 3. The molecule has 0 radical (unpaired) electrons. The highest BCUT2D eigenvalue weighted by molar-refractivity contribution is 5.98. The van der Waals surface area contributed by atoms with Gasteiger partial charge in [0.05, 0.1) is 0 Å². The highest BCUT2D eigenvalue weighted by atomic mass is 16.4. The zero-order chi connectivity index (χ0) is 19.1. The first-order valence-corrected chi connectivity index (χ1v) is 8.31. The van der Waals surface area contributed by atoms with Crippen LogP contribution in [0, 0.1) is 6.92 Å². The van der Waals surface area contributed by atoms with Crippen LogP contribution in [0.2, 0.25) is 0 Å². The zero-order valence-corrected chi connectivity index (χ0v) is 14.7. The Morgan fingerprint density at radius 2 is 1.58 bits per heavy atom. The van der Waals surface area contributed by atoms with Crippen molar-refractivity contribution in [3.63, 3.8) is 0 Å². The van der Waals surface area contributed by atoms with E-state index in [-0.39, 0.29) is 12.3 Å². The van der Waals surface area contributed by atoms with E-state index in [1.54, 1.807) is 48.5 Å². The summed E-state index contributed by atoms with van der Waals surface area (Å²) in [5.74, 6) is -2.06. The molecule has 2 rings (SSSR count). The number of aliphatic carboxylic acids is 1. The zero-order valence-electron chi connectivity index (χ0n) is 14.7. The van der Waals surface area contributed by atoms with Crippen molar-refractivity contribution in [3.05, 3.63) is 71.3 Å². The third-order valence-electron chi connectivity index (χ3n) is 3.95. The second kappa shape index (κ2) is 8.80. The Morgan fingerprint density at radius 1 is 0.962 bits per heavy atom. The molecule has 0 saturated carbocycles. The summed E-state index contributed by atoms with van der Waals surface area (Å²) < 4.78 is 0. The van der Waals surface area contributed by atoms with Gasteiger partial charge in [0, 0.05) is 12.0 Å². The Bertz CT molecular complexity index is 772. The van der Waals surface area contributed by atoms with Gasteiger partial charge in [-0.1, -0.05) is 48.0 Å². The topological polar surface area (TPSA) is 95.5 Å². The van der Waals surface area contributed by atoms with Gasteiger partial charge in [-0.2, -0.15) is 0 Å². The molecule has 0 saturated heterocycles. The Hall–Kier alpha value is -3.15. The van der Waals surface area contributed by atoms with Gasteiger partial charge in [-0.25, -0.2) is 4.79 Å². The summed E-state index contributed by atoms with van der Waals surface area (Å²) in [6.45, 7) is 3.43. The molecule has 2 amide bonds. The molecule has 2 unspecified atom stereocenters. The summed E-state index contributed by atoms with van der Waals surface area (Å²) in [5, 5.41) is 14.4. The average Bonchev–Trinajstić information content (AvgIpc) is 2.62. The van der Waals surface area contributed by atoms with Crippen LogP contribution in [0.4, 0.5) is 0 Å². The number of benzene rings is 2. The molecule has 0 aliphatic rings. The van der Waals surface area contributed by atoms with E-state index in [4.69, 9.17) is 0 Å². The minimum absolute atomic E-state index is 0.167. The Morgan fingerprint density at radius 3 is 2.15 bits per heavy atom. The monoisotopic (exact) mass is 354 g/mol. The van der Waals surface area contributed by atoms with Crippen LogP contribution in [-0.2, 0) is 16.0 Å². The smallest absolute Gasteiger partial charge is 0.326 e. The summed E-state index contributed by atoms with van der Waals surface area (Å²) in [4.78, 5) is 35.9. The summed E-state index contributed by atoms with van der Waals surface area (Å²) in [5.41, 5.74) is 2.27. The molecule has 0 spiro atoms. The standard InChI is InChI=1S/C20H22N2O4/c1-13-8-10-16(11-9-13)19(24)21-14(2)18(23)22-17(20(25)26)12-15-6-4-3-5-7-15/h3-11,14,17H,12H2,1-2H3,(H,21,24)(H,22,23)(H,25,26). The predicted octanol–water partition coefficient (Wildman–Crippen LogP) is 1.93. The third kappa shape index (κ3) is 5.44. The van der Waals surface area contributed by atoms with Crippen molar-refractivity contribution in [2.45, 2.75) is 32.4 Å². The lowest BCUT2D eigenvalue weighted by atomic mass is 10.1. The third-order valence-corrected chi connectivity index (χ3v) is 3.95. The van der Waals surface area contributed by atoms with Crippen LogP contribution in [0.5, 0.6) is 0 Å². The fourth-order valence-corrected chi connectivity index (χ4v) is 2.40. The quantitative estimate of drug-likeness (QED) is 0.708. The molecule has 2 aromatic carbocycles. The van der Waals surface area contributed by atoms with Gasteiger partial charge in [-0.3, -0.25) is 9.59 Å². The van der Waals surface area contributed by atoms with E-state index in [1.165, 1.54) is 6.92 Å². The minimum atomic E-state index is -1.13. The molecule has 0 aromatic heterocycles. The predicted molar refractivity (Wildman–Crippen MR) is 97.8 cm³/mol. The molecule has 2 aromatic rings. The van der Waals surface area contributed by atoms with Crippen molar-refractivity contribution in [3.8, 4) is 0 Å². The number of carbonyl (C=O) groups is 3. The fraction of sp³-hybridized carbons (Fsp3) is 0.250. The molecule has 0 bridgehead atoms. The Kier molecular flexibility index (Phi) is 6.49. The van der Waals surface area contributed by atoms with Gasteiger partial charge in [0.25, 0.3) is 5.91 Å². The molecule has 6 nitrogen and oxygen atoms in total. The van der Waals surface area contributed by atoms with Crippen molar-refractivity contribution in [1.82, 2.24) is 10.6 Å². The maximum atomic E-state index is 12.3. The van der Waals surface area contributed by atoms with E-state index in [0.29, 0.717) is 5.56 Å². The minimum Gasteiger partial charge on any atom is -0.480 e. The van der Waals surface area contributed by atoms with Crippen molar-refractivity contribution >= 4 is 17.8 Å². The molecule has 0 aliphatic heterocycles. The lowest BCUT2D eigenvalue weighted by molar-refractivity contribution is -0.142.